The highest BCUT2D eigenvalue weighted by Crippen LogP contribution is 2.29. The molecule has 1 fully saturated rings. The van der Waals surface area contributed by atoms with Crippen molar-refractivity contribution >= 4 is 23.1 Å². The van der Waals surface area contributed by atoms with Crippen molar-refractivity contribution in [3.8, 4) is 5.75 Å². The third-order valence-corrected chi connectivity index (χ3v) is 3.86. The smallest absolute Gasteiger partial charge is 0.142 e. The Bertz CT molecular complexity index is 614. The van der Waals surface area contributed by atoms with Crippen molar-refractivity contribution in [2.75, 3.05) is 43.1 Å². The number of aromatic nitrogens is 2. The highest BCUT2D eigenvalue weighted by molar-refractivity contribution is 6.29. The van der Waals surface area contributed by atoms with Gasteiger partial charge >= 0.3 is 0 Å². The van der Waals surface area contributed by atoms with Crippen LogP contribution in [0.3, 0.4) is 0 Å². The summed E-state index contributed by atoms with van der Waals surface area (Å²) >= 11 is 5.92. The highest BCUT2D eigenvalue weighted by atomic mass is 35.5. The molecule has 2 heterocycles. The van der Waals surface area contributed by atoms with E-state index in [4.69, 9.17) is 16.3 Å². The van der Waals surface area contributed by atoms with Crippen LogP contribution in [-0.4, -0.2) is 43.3 Å². The van der Waals surface area contributed by atoms with E-state index in [1.807, 2.05) is 18.2 Å². The van der Waals surface area contributed by atoms with Crippen molar-refractivity contribution in [3.05, 3.63) is 41.8 Å². The Kier molecular flexibility index (Phi) is 4.10. The number of nitrogens with zero attached hydrogens (tertiary/aromatic N) is 4. The number of hydrogen-bond donors (Lipinski definition) is 0. The SMILES string of the molecule is COc1ccccc1N1CCN(c2cc(Cl)ncn2)CC1. The van der Waals surface area contributed by atoms with Crippen molar-refractivity contribution in [2.24, 2.45) is 0 Å². The lowest BCUT2D eigenvalue weighted by Gasteiger charge is -2.37. The summed E-state index contributed by atoms with van der Waals surface area (Å²) in [4.78, 5) is 12.8. The third kappa shape index (κ3) is 3.03. The van der Waals surface area contributed by atoms with Gasteiger partial charge in [-0.15, -0.1) is 0 Å². The van der Waals surface area contributed by atoms with E-state index in [1.165, 1.54) is 6.33 Å². The zero-order chi connectivity index (χ0) is 14.7. The van der Waals surface area contributed by atoms with Crippen molar-refractivity contribution in [3.63, 3.8) is 0 Å². The van der Waals surface area contributed by atoms with Crippen LogP contribution >= 0.6 is 11.6 Å². The summed E-state index contributed by atoms with van der Waals surface area (Å²) < 4.78 is 5.43. The molecule has 2 aromatic rings. The number of para-hydroxylation sites is 2. The highest BCUT2D eigenvalue weighted by Gasteiger charge is 2.20. The molecule has 0 radical (unpaired) electrons. The van der Waals surface area contributed by atoms with E-state index in [1.54, 1.807) is 13.2 Å². The lowest BCUT2D eigenvalue weighted by Crippen LogP contribution is -2.47. The molecule has 6 heteroatoms. The summed E-state index contributed by atoms with van der Waals surface area (Å²) in [6.45, 7) is 3.63. The van der Waals surface area contributed by atoms with E-state index in [0.29, 0.717) is 5.15 Å². The van der Waals surface area contributed by atoms with Gasteiger partial charge in [-0.25, -0.2) is 9.97 Å². The molecular formula is C15H17ClN4O. The Hall–Kier alpha value is -2.01. The molecule has 0 bridgehead atoms. The van der Waals surface area contributed by atoms with Crippen molar-refractivity contribution in [1.29, 1.82) is 0 Å². The van der Waals surface area contributed by atoms with Crippen LogP contribution in [0.15, 0.2) is 36.7 Å². The van der Waals surface area contributed by atoms with Gasteiger partial charge in [0.2, 0.25) is 0 Å². The van der Waals surface area contributed by atoms with E-state index in [0.717, 1.165) is 43.4 Å². The van der Waals surface area contributed by atoms with Gasteiger partial charge in [0.25, 0.3) is 0 Å². The average molecular weight is 305 g/mol. The minimum atomic E-state index is 0.479. The molecule has 1 aliphatic heterocycles. The van der Waals surface area contributed by atoms with E-state index >= 15 is 0 Å². The molecule has 0 atom stereocenters. The summed E-state index contributed by atoms with van der Waals surface area (Å²) in [5.74, 6) is 1.80. The molecule has 110 valence electrons. The van der Waals surface area contributed by atoms with Crippen LogP contribution in [0.2, 0.25) is 5.15 Å². The van der Waals surface area contributed by atoms with Crippen LogP contribution in [0.5, 0.6) is 5.75 Å². The number of halogens is 1. The zero-order valence-corrected chi connectivity index (χ0v) is 12.6. The van der Waals surface area contributed by atoms with Gasteiger partial charge < -0.3 is 14.5 Å². The largest absolute Gasteiger partial charge is 0.495 e. The monoisotopic (exact) mass is 304 g/mol. The van der Waals surface area contributed by atoms with Gasteiger partial charge in [-0.05, 0) is 12.1 Å². The van der Waals surface area contributed by atoms with Gasteiger partial charge in [0, 0.05) is 32.2 Å². The minimum absolute atomic E-state index is 0.479. The molecule has 5 nitrogen and oxygen atoms in total. The molecule has 1 aromatic carbocycles. The number of hydrogen-bond acceptors (Lipinski definition) is 5. The predicted molar refractivity (Wildman–Crippen MR) is 84.5 cm³/mol. The number of piperazine rings is 1. The van der Waals surface area contributed by atoms with Crippen molar-refractivity contribution < 1.29 is 4.74 Å². The predicted octanol–water partition coefficient (Wildman–Crippen LogP) is 2.47. The fourth-order valence-electron chi connectivity index (χ4n) is 2.56. The molecule has 1 aliphatic rings. The van der Waals surface area contributed by atoms with Crippen LogP contribution in [0.25, 0.3) is 0 Å². The molecule has 21 heavy (non-hydrogen) atoms. The number of anilines is 2. The first kappa shape index (κ1) is 13.9. The van der Waals surface area contributed by atoms with Gasteiger partial charge in [-0.2, -0.15) is 0 Å². The van der Waals surface area contributed by atoms with E-state index in [2.05, 4.69) is 25.8 Å². The molecule has 0 aliphatic carbocycles. The second-order valence-electron chi connectivity index (χ2n) is 4.84. The fraction of sp³-hybridized carbons (Fsp3) is 0.333. The summed E-state index contributed by atoms with van der Waals surface area (Å²) in [7, 11) is 1.71. The van der Waals surface area contributed by atoms with E-state index < -0.39 is 0 Å². The molecule has 0 N–H and O–H groups in total. The first-order valence-corrected chi connectivity index (χ1v) is 7.26. The first-order chi connectivity index (χ1) is 10.3. The number of benzene rings is 1. The molecule has 0 spiro atoms. The van der Waals surface area contributed by atoms with Crippen LogP contribution < -0.4 is 14.5 Å². The molecule has 3 rings (SSSR count). The molecule has 0 saturated carbocycles. The maximum atomic E-state index is 5.92. The maximum Gasteiger partial charge on any atom is 0.142 e. The lowest BCUT2D eigenvalue weighted by molar-refractivity contribution is 0.413. The zero-order valence-electron chi connectivity index (χ0n) is 11.9. The van der Waals surface area contributed by atoms with Gasteiger partial charge in [-0.1, -0.05) is 23.7 Å². The van der Waals surface area contributed by atoms with E-state index in [-0.39, 0.29) is 0 Å². The fourth-order valence-corrected chi connectivity index (χ4v) is 2.71. The number of methoxy groups -OCH3 is 1. The van der Waals surface area contributed by atoms with Crippen LogP contribution in [0, 0.1) is 0 Å². The van der Waals surface area contributed by atoms with Crippen molar-refractivity contribution in [2.45, 2.75) is 0 Å². The summed E-state index contributed by atoms with van der Waals surface area (Å²) in [6, 6.07) is 9.91. The molecule has 1 saturated heterocycles. The van der Waals surface area contributed by atoms with Gasteiger partial charge in [0.1, 0.15) is 23.0 Å². The Balaban J connectivity index is 1.70. The van der Waals surface area contributed by atoms with Gasteiger partial charge in [0.05, 0.1) is 12.8 Å². The first-order valence-electron chi connectivity index (χ1n) is 6.88. The van der Waals surface area contributed by atoms with E-state index in [9.17, 15) is 0 Å². The second-order valence-corrected chi connectivity index (χ2v) is 5.23. The molecule has 0 unspecified atom stereocenters. The molecule has 1 aromatic heterocycles. The summed E-state index contributed by atoms with van der Waals surface area (Å²) in [5.41, 5.74) is 1.14. The van der Waals surface area contributed by atoms with Crippen LogP contribution in [-0.2, 0) is 0 Å². The summed E-state index contributed by atoms with van der Waals surface area (Å²) in [5, 5.41) is 0.479. The second kappa shape index (κ2) is 6.18. The normalized spacial score (nSPS) is 15.1. The van der Waals surface area contributed by atoms with Gasteiger partial charge in [0.15, 0.2) is 0 Å². The Morgan fingerprint density at radius 2 is 1.76 bits per heavy atom. The Morgan fingerprint density at radius 1 is 1.05 bits per heavy atom. The molecular weight excluding hydrogens is 288 g/mol. The van der Waals surface area contributed by atoms with Crippen LogP contribution in [0.1, 0.15) is 0 Å². The van der Waals surface area contributed by atoms with Crippen LogP contribution in [0.4, 0.5) is 11.5 Å². The van der Waals surface area contributed by atoms with Gasteiger partial charge in [-0.3, -0.25) is 0 Å². The standard InChI is InChI=1S/C15H17ClN4O/c1-21-13-5-3-2-4-12(13)19-6-8-20(9-7-19)15-10-14(16)17-11-18-15/h2-5,10-11H,6-9H2,1H3. The topological polar surface area (TPSA) is 41.5 Å². The molecule has 0 amide bonds. The van der Waals surface area contributed by atoms with Crippen molar-refractivity contribution in [1.82, 2.24) is 9.97 Å². The average Bonchev–Trinajstić information content (AvgIpc) is 2.55. The number of rotatable bonds is 3. The maximum absolute atomic E-state index is 5.92. The third-order valence-electron chi connectivity index (χ3n) is 3.65. The number of ether oxygens (including phenoxy) is 1. The Labute approximate surface area is 129 Å². The lowest BCUT2D eigenvalue weighted by atomic mass is 10.2. The minimum Gasteiger partial charge on any atom is -0.495 e. The Morgan fingerprint density at radius 3 is 2.48 bits per heavy atom. The summed E-state index contributed by atoms with van der Waals surface area (Å²) in [6.07, 6.45) is 1.50. The quantitative estimate of drug-likeness (QED) is 0.815.